The average molecular weight is 430 g/mol. The number of carboxylic acid groups (broad SMARTS) is 2. The molecule has 0 spiro atoms. The highest BCUT2D eigenvalue weighted by Gasteiger charge is 2.55. The summed E-state index contributed by atoms with van der Waals surface area (Å²) < 4.78 is 10.5. The van der Waals surface area contributed by atoms with Crippen molar-refractivity contribution in [3.05, 3.63) is 0 Å². The average Bonchev–Trinajstić information content (AvgIpc) is 2.66. The number of hydrogen-bond acceptors (Lipinski definition) is 7. The normalized spacial score (nSPS) is 13.3. The van der Waals surface area contributed by atoms with Crippen molar-refractivity contribution in [2.75, 3.05) is 13.2 Å². The highest BCUT2D eigenvalue weighted by atomic mass is 16.5. The van der Waals surface area contributed by atoms with Crippen molar-refractivity contribution in [3.63, 3.8) is 0 Å². The Kier molecular flexibility index (Phi) is 15.0. The maximum absolute atomic E-state index is 12.6. The summed E-state index contributed by atoms with van der Waals surface area (Å²) in [5.41, 5.74) is -1.52. The van der Waals surface area contributed by atoms with Gasteiger partial charge < -0.3 is 19.7 Å². The van der Waals surface area contributed by atoms with E-state index < -0.39 is 35.2 Å². The van der Waals surface area contributed by atoms with Crippen LogP contribution in [-0.4, -0.2) is 47.3 Å². The molecule has 0 rings (SSSR count). The Morgan fingerprint density at radius 3 is 1.63 bits per heavy atom. The van der Waals surface area contributed by atoms with Crippen molar-refractivity contribution < 1.29 is 38.9 Å². The van der Waals surface area contributed by atoms with Gasteiger partial charge in [0.25, 0.3) is 0 Å². The summed E-state index contributed by atoms with van der Waals surface area (Å²) in [6.07, 6.45) is 0.765. The van der Waals surface area contributed by atoms with Gasteiger partial charge in [-0.25, -0.2) is 0 Å². The topological polar surface area (TPSA) is 151 Å². The number of carboxylic acids is 2. The van der Waals surface area contributed by atoms with E-state index in [1.807, 2.05) is 27.7 Å². The van der Waals surface area contributed by atoms with Gasteiger partial charge in [0.05, 0.1) is 38.0 Å². The van der Waals surface area contributed by atoms with Crippen LogP contribution in [0.1, 0.15) is 67.2 Å². The maximum Gasteiger partial charge on any atom is 0.327 e. The zero-order valence-electron chi connectivity index (χ0n) is 18.8. The molecule has 0 aliphatic heterocycles. The standard InChI is InChI=1S/C17H29NO4.C4H6O4/c1-7-9-21-15(19)14(12(3)4)17(11-18,13(5)6)16(20)22-10-8-2;5-3(6)1-2-4(7)8/h12-14H,7-10H2,1-6H3;1-2H2,(H,5,6)(H,7,8). The smallest absolute Gasteiger partial charge is 0.327 e. The van der Waals surface area contributed by atoms with Gasteiger partial charge in [0.2, 0.25) is 0 Å². The van der Waals surface area contributed by atoms with Crippen LogP contribution in [0.15, 0.2) is 0 Å². The van der Waals surface area contributed by atoms with E-state index in [-0.39, 0.29) is 37.9 Å². The summed E-state index contributed by atoms with van der Waals surface area (Å²) in [5, 5.41) is 25.5. The second-order valence-electron chi connectivity index (χ2n) is 7.45. The van der Waals surface area contributed by atoms with Crippen molar-refractivity contribution in [1.82, 2.24) is 0 Å². The largest absolute Gasteiger partial charge is 0.481 e. The van der Waals surface area contributed by atoms with Crippen molar-refractivity contribution in [1.29, 1.82) is 5.26 Å². The zero-order valence-corrected chi connectivity index (χ0v) is 18.8. The van der Waals surface area contributed by atoms with Crippen molar-refractivity contribution in [2.24, 2.45) is 23.2 Å². The molecule has 30 heavy (non-hydrogen) atoms. The minimum absolute atomic E-state index is 0.208. The van der Waals surface area contributed by atoms with Gasteiger partial charge >= 0.3 is 23.9 Å². The lowest BCUT2D eigenvalue weighted by Crippen LogP contribution is -2.49. The number of nitriles is 1. The fourth-order valence-electron chi connectivity index (χ4n) is 2.77. The molecule has 9 heteroatoms. The van der Waals surface area contributed by atoms with E-state index in [1.165, 1.54) is 0 Å². The van der Waals surface area contributed by atoms with Crippen molar-refractivity contribution in [3.8, 4) is 6.07 Å². The number of rotatable bonds is 12. The number of esters is 2. The third-order valence-electron chi connectivity index (χ3n) is 4.28. The zero-order chi connectivity index (χ0) is 23.9. The molecule has 0 radical (unpaired) electrons. The molecule has 2 atom stereocenters. The van der Waals surface area contributed by atoms with Gasteiger partial charge in [0.15, 0.2) is 5.41 Å². The second kappa shape index (κ2) is 15.2. The summed E-state index contributed by atoms with van der Waals surface area (Å²) in [5.74, 6) is -4.68. The molecule has 0 saturated heterocycles. The van der Waals surface area contributed by atoms with Crippen molar-refractivity contribution >= 4 is 23.9 Å². The Bertz CT molecular complexity index is 595. The van der Waals surface area contributed by atoms with E-state index in [0.717, 1.165) is 0 Å². The molecule has 0 aromatic heterocycles. The molecule has 172 valence electrons. The first-order chi connectivity index (χ1) is 13.9. The lowest BCUT2D eigenvalue weighted by molar-refractivity contribution is -0.171. The fourth-order valence-corrected chi connectivity index (χ4v) is 2.77. The maximum atomic E-state index is 12.6. The summed E-state index contributed by atoms with van der Waals surface area (Å²) >= 11 is 0. The Hall–Kier alpha value is -2.63. The quantitative estimate of drug-likeness (QED) is 0.445. The molecule has 0 aliphatic rings. The summed E-state index contributed by atoms with van der Waals surface area (Å²) in [6, 6.07) is 2.09. The molecule has 0 fully saturated rings. The summed E-state index contributed by atoms with van der Waals surface area (Å²) in [6.45, 7) is 11.5. The fraction of sp³-hybridized carbons (Fsp3) is 0.762. The van der Waals surface area contributed by atoms with E-state index in [9.17, 15) is 24.4 Å². The predicted molar refractivity (Wildman–Crippen MR) is 108 cm³/mol. The van der Waals surface area contributed by atoms with Crippen LogP contribution in [-0.2, 0) is 28.7 Å². The third kappa shape index (κ3) is 9.72. The SMILES string of the molecule is CCCOC(=O)C(C(C)C)C(C#N)(C(=O)OCCC)C(C)C.O=C(O)CCC(=O)O. The monoisotopic (exact) mass is 429 g/mol. The number of aliphatic carboxylic acids is 2. The molecule has 0 amide bonds. The molecule has 2 N–H and O–H groups in total. The first-order valence-electron chi connectivity index (χ1n) is 10.1. The first kappa shape index (κ1) is 29.6. The van der Waals surface area contributed by atoms with E-state index in [2.05, 4.69) is 6.07 Å². The highest BCUT2D eigenvalue weighted by Crippen LogP contribution is 2.42. The molecule has 0 saturated carbocycles. The first-order valence-corrected chi connectivity index (χ1v) is 10.1. The van der Waals surface area contributed by atoms with E-state index in [1.54, 1.807) is 13.8 Å². The van der Waals surface area contributed by atoms with Gasteiger partial charge in [-0.15, -0.1) is 0 Å². The number of hydrogen-bond donors (Lipinski definition) is 2. The van der Waals surface area contributed by atoms with Gasteiger partial charge in [-0.3, -0.25) is 19.2 Å². The molecule has 0 bridgehead atoms. The van der Waals surface area contributed by atoms with Crippen LogP contribution >= 0.6 is 0 Å². The van der Waals surface area contributed by atoms with Crippen molar-refractivity contribution in [2.45, 2.75) is 67.2 Å². The molecule has 2 unspecified atom stereocenters. The van der Waals surface area contributed by atoms with Crippen LogP contribution in [0.5, 0.6) is 0 Å². The molecular weight excluding hydrogens is 394 g/mol. The lowest BCUT2D eigenvalue weighted by atomic mass is 9.64. The number of carbonyl (C=O) groups is 4. The number of carbonyl (C=O) groups excluding carboxylic acids is 2. The minimum atomic E-state index is -1.52. The highest BCUT2D eigenvalue weighted by molar-refractivity contribution is 5.88. The molecule has 0 heterocycles. The Morgan fingerprint density at radius 1 is 0.900 bits per heavy atom. The Balaban J connectivity index is 0. The van der Waals surface area contributed by atoms with E-state index in [0.29, 0.717) is 12.8 Å². The molecular formula is C21H35NO8. The Labute approximate surface area is 178 Å². The lowest BCUT2D eigenvalue weighted by Gasteiger charge is -2.36. The van der Waals surface area contributed by atoms with Crippen LogP contribution in [0, 0.1) is 34.5 Å². The van der Waals surface area contributed by atoms with Crippen LogP contribution in [0.25, 0.3) is 0 Å². The van der Waals surface area contributed by atoms with Crippen LogP contribution in [0.4, 0.5) is 0 Å². The van der Waals surface area contributed by atoms with Gasteiger partial charge in [-0.05, 0) is 24.7 Å². The van der Waals surface area contributed by atoms with Crippen LogP contribution < -0.4 is 0 Å². The van der Waals surface area contributed by atoms with E-state index >= 15 is 0 Å². The molecule has 9 nitrogen and oxygen atoms in total. The van der Waals surface area contributed by atoms with Gasteiger partial charge in [-0.2, -0.15) is 5.26 Å². The molecule has 0 aromatic carbocycles. The molecule has 0 aliphatic carbocycles. The number of ether oxygens (including phenoxy) is 2. The molecule has 0 aromatic rings. The second-order valence-corrected chi connectivity index (χ2v) is 7.45. The number of nitrogens with zero attached hydrogens (tertiary/aromatic N) is 1. The predicted octanol–water partition coefficient (Wildman–Crippen LogP) is 3.27. The van der Waals surface area contributed by atoms with Gasteiger partial charge in [0.1, 0.15) is 0 Å². The summed E-state index contributed by atoms with van der Waals surface area (Å²) in [4.78, 5) is 44.3. The van der Waals surface area contributed by atoms with Gasteiger partial charge in [0, 0.05) is 0 Å². The summed E-state index contributed by atoms with van der Waals surface area (Å²) in [7, 11) is 0. The van der Waals surface area contributed by atoms with E-state index in [4.69, 9.17) is 19.7 Å². The Morgan fingerprint density at radius 2 is 1.33 bits per heavy atom. The van der Waals surface area contributed by atoms with Crippen LogP contribution in [0.2, 0.25) is 0 Å². The van der Waals surface area contributed by atoms with Gasteiger partial charge in [-0.1, -0.05) is 41.5 Å². The van der Waals surface area contributed by atoms with Crippen LogP contribution in [0.3, 0.4) is 0 Å². The minimum Gasteiger partial charge on any atom is -0.481 e. The third-order valence-corrected chi connectivity index (χ3v) is 4.28.